The van der Waals surface area contributed by atoms with Gasteiger partial charge in [0, 0.05) is 22.7 Å². The van der Waals surface area contributed by atoms with Crippen LogP contribution in [0.15, 0.2) is 18.2 Å². The fourth-order valence-electron chi connectivity index (χ4n) is 1.22. The van der Waals surface area contributed by atoms with Crippen LogP contribution in [-0.4, -0.2) is 22.6 Å². The summed E-state index contributed by atoms with van der Waals surface area (Å²) in [4.78, 5) is 21.0. The molecular formula is C11H10ClNO5. The zero-order valence-corrected chi connectivity index (χ0v) is 10.2. The Kier molecular flexibility index (Phi) is 4.67. The summed E-state index contributed by atoms with van der Waals surface area (Å²) in [7, 11) is 0. The highest BCUT2D eigenvalue weighted by Gasteiger charge is 2.17. The molecule has 0 radical (unpaired) electrons. The summed E-state index contributed by atoms with van der Waals surface area (Å²) in [6.07, 6.45) is 2.25. The predicted molar refractivity (Wildman–Crippen MR) is 65.4 cm³/mol. The lowest BCUT2D eigenvalue weighted by molar-refractivity contribution is -0.385. The van der Waals surface area contributed by atoms with E-state index in [1.807, 2.05) is 0 Å². The number of phenols is 1. The van der Waals surface area contributed by atoms with Crippen molar-refractivity contribution in [1.82, 2.24) is 0 Å². The highest BCUT2D eigenvalue weighted by molar-refractivity contribution is 6.31. The molecule has 0 spiro atoms. The minimum Gasteiger partial charge on any atom is -0.502 e. The van der Waals surface area contributed by atoms with Gasteiger partial charge in [-0.2, -0.15) is 0 Å². The van der Waals surface area contributed by atoms with Crippen LogP contribution in [0.2, 0.25) is 5.02 Å². The van der Waals surface area contributed by atoms with E-state index in [0.29, 0.717) is 0 Å². The minimum atomic E-state index is -0.761. The van der Waals surface area contributed by atoms with E-state index < -0.39 is 22.3 Å². The number of hydrogen-bond donors (Lipinski definition) is 1. The van der Waals surface area contributed by atoms with Crippen molar-refractivity contribution in [3.05, 3.63) is 38.9 Å². The topological polar surface area (TPSA) is 89.7 Å². The molecule has 0 saturated heterocycles. The largest absolute Gasteiger partial charge is 0.502 e. The van der Waals surface area contributed by atoms with E-state index in [9.17, 15) is 20.0 Å². The third-order valence-electron chi connectivity index (χ3n) is 1.97. The number of rotatable bonds is 4. The van der Waals surface area contributed by atoms with Crippen LogP contribution in [0, 0.1) is 10.1 Å². The lowest BCUT2D eigenvalue weighted by atomic mass is 10.1. The van der Waals surface area contributed by atoms with Gasteiger partial charge < -0.3 is 9.84 Å². The third-order valence-corrected chi connectivity index (χ3v) is 2.18. The smallest absolute Gasteiger partial charge is 0.330 e. The van der Waals surface area contributed by atoms with Crippen LogP contribution in [0.3, 0.4) is 0 Å². The first-order valence-electron chi connectivity index (χ1n) is 4.97. The number of carbonyl (C=O) groups excluding carboxylic acids is 1. The summed E-state index contributed by atoms with van der Waals surface area (Å²) < 4.78 is 4.64. The van der Waals surface area contributed by atoms with Gasteiger partial charge in [0.1, 0.15) is 0 Å². The van der Waals surface area contributed by atoms with Crippen molar-refractivity contribution in [3.63, 3.8) is 0 Å². The highest BCUT2D eigenvalue weighted by atomic mass is 35.5. The van der Waals surface area contributed by atoms with Gasteiger partial charge >= 0.3 is 11.7 Å². The van der Waals surface area contributed by atoms with Gasteiger partial charge in [0.25, 0.3) is 0 Å². The molecule has 1 rings (SSSR count). The van der Waals surface area contributed by atoms with Crippen molar-refractivity contribution >= 4 is 29.3 Å². The van der Waals surface area contributed by atoms with Crippen LogP contribution in [0.4, 0.5) is 5.69 Å². The molecular weight excluding hydrogens is 262 g/mol. The number of esters is 1. The summed E-state index contributed by atoms with van der Waals surface area (Å²) in [5, 5.41) is 20.3. The molecule has 6 nitrogen and oxygen atoms in total. The van der Waals surface area contributed by atoms with Crippen molar-refractivity contribution in [3.8, 4) is 5.75 Å². The second-order valence-electron chi connectivity index (χ2n) is 3.21. The van der Waals surface area contributed by atoms with Gasteiger partial charge in [-0.1, -0.05) is 11.6 Å². The number of nitrogens with zero attached hydrogens (tertiary/aromatic N) is 1. The molecule has 0 saturated carbocycles. The first-order valence-corrected chi connectivity index (χ1v) is 5.35. The first kappa shape index (κ1) is 14.0. The highest BCUT2D eigenvalue weighted by Crippen LogP contribution is 2.33. The van der Waals surface area contributed by atoms with Crippen molar-refractivity contribution in [2.45, 2.75) is 6.92 Å². The van der Waals surface area contributed by atoms with Crippen LogP contribution >= 0.6 is 11.6 Å². The van der Waals surface area contributed by atoms with Gasteiger partial charge in [0.15, 0.2) is 0 Å². The predicted octanol–water partition coefficient (Wildman–Crippen LogP) is 2.53. The molecule has 0 aliphatic rings. The van der Waals surface area contributed by atoms with E-state index in [4.69, 9.17) is 11.6 Å². The number of nitro benzene ring substituents is 1. The molecule has 0 bridgehead atoms. The van der Waals surface area contributed by atoms with E-state index in [2.05, 4.69) is 4.74 Å². The summed E-state index contributed by atoms with van der Waals surface area (Å²) in [6, 6.07) is 2.33. The third kappa shape index (κ3) is 3.46. The van der Waals surface area contributed by atoms with Crippen molar-refractivity contribution in [2.75, 3.05) is 6.61 Å². The number of hydrogen-bond acceptors (Lipinski definition) is 5. The maximum atomic E-state index is 11.1. The summed E-state index contributed by atoms with van der Waals surface area (Å²) in [5.74, 6) is -1.16. The maximum absolute atomic E-state index is 11.1. The normalized spacial score (nSPS) is 10.6. The van der Waals surface area contributed by atoms with E-state index in [0.717, 1.165) is 12.1 Å². The molecule has 96 valence electrons. The monoisotopic (exact) mass is 271 g/mol. The molecule has 0 atom stereocenters. The minimum absolute atomic E-state index is 0.0715. The van der Waals surface area contributed by atoms with Crippen LogP contribution in [0.1, 0.15) is 12.5 Å². The van der Waals surface area contributed by atoms with Gasteiger partial charge in [-0.05, 0) is 19.1 Å². The van der Waals surface area contributed by atoms with Gasteiger partial charge in [0.05, 0.1) is 11.5 Å². The molecule has 0 aromatic heterocycles. The number of benzene rings is 1. The number of aromatic hydroxyl groups is 1. The number of halogens is 1. The maximum Gasteiger partial charge on any atom is 0.330 e. The van der Waals surface area contributed by atoms with Gasteiger partial charge in [0.2, 0.25) is 5.75 Å². The van der Waals surface area contributed by atoms with Crippen molar-refractivity contribution in [1.29, 1.82) is 0 Å². The van der Waals surface area contributed by atoms with Gasteiger partial charge in [-0.3, -0.25) is 10.1 Å². The Morgan fingerprint density at radius 3 is 2.83 bits per heavy atom. The van der Waals surface area contributed by atoms with Crippen LogP contribution in [0.5, 0.6) is 5.75 Å². The Hall–Kier alpha value is -2.08. The quantitative estimate of drug-likeness (QED) is 0.393. The molecule has 0 aliphatic carbocycles. The molecule has 0 fully saturated rings. The fraction of sp³-hybridized carbons (Fsp3) is 0.182. The second kappa shape index (κ2) is 6.02. The average Bonchev–Trinajstić information content (AvgIpc) is 2.30. The molecule has 1 aromatic rings. The standard InChI is InChI=1S/C11H10ClNO5/c1-2-18-10(14)4-3-7-5-8(12)6-9(11(7)15)13(16)17/h3-6,15H,2H2,1H3. The molecule has 1 N–H and O–H groups in total. The number of nitro groups is 1. The SMILES string of the molecule is CCOC(=O)C=Cc1cc(Cl)cc([N+](=O)[O-])c1O. The van der Waals surface area contributed by atoms with E-state index in [-0.39, 0.29) is 17.2 Å². The molecule has 7 heteroatoms. The van der Waals surface area contributed by atoms with Crippen molar-refractivity contribution < 1.29 is 19.6 Å². The number of carbonyl (C=O) groups is 1. The molecule has 0 unspecified atom stereocenters. The molecule has 18 heavy (non-hydrogen) atoms. The van der Waals surface area contributed by atoms with E-state index in [1.54, 1.807) is 6.92 Å². The lowest BCUT2D eigenvalue weighted by Gasteiger charge is -2.01. The van der Waals surface area contributed by atoms with Crippen LogP contribution < -0.4 is 0 Å². The average molecular weight is 272 g/mol. The lowest BCUT2D eigenvalue weighted by Crippen LogP contribution is -1.98. The molecule has 1 aromatic carbocycles. The Morgan fingerprint density at radius 2 is 2.28 bits per heavy atom. The first-order chi connectivity index (χ1) is 8.45. The Labute approximate surface area is 108 Å². The van der Waals surface area contributed by atoms with E-state index >= 15 is 0 Å². The summed E-state index contributed by atoms with van der Waals surface area (Å²) >= 11 is 5.68. The Balaban J connectivity index is 3.10. The van der Waals surface area contributed by atoms with Gasteiger partial charge in [-0.25, -0.2) is 4.79 Å². The number of phenolic OH excluding ortho intramolecular Hbond substituents is 1. The Bertz CT molecular complexity index is 512. The van der Waals surface area contributed by atoms with Crippen LogP contribution in [0.25, 0.3) is 6.08 Å². The van der Waals surface area contributed by atoms with E-state index in [1.165, 1.54) is 12.1 Å². The number of ether oxygens (including phenoxy) is 1. The second-order valence-corrected chi connectivity index (χ2v) is 3.64. The summed E-state index contributed by atoms with van der Waals surface area (Å²) in [6.45, 7) is 1.86. The zero-order chi connectivity index (χ0) is 13.7. The molecule has 0 aliphatic heterocycles. The molecule has 0 heterocycles. The summed E-state index contributed by atoms with van der Waals surface area (Å²) in [5.41, 5.74) is -0.451. The fourth-order valence-corrected chi connectivity index (χ4v) is 1.44. The zero-order valence-electron chi connectivity index (χ0n) is 9.42. The van der Waals surface area contributed by atoms with Crippen LogP contribution in [-0.2, 0) is 9.53 Å². The molecule has 0 amide bonds. The van der Waals surface area contributed by atoms with Crippen molar-refractivity contribution in [2.24, 2.45) is 0 Å². The van der Waals surface area contributed by atoms with Gasteiger partial charge in [-0.15, -0.1) is 0 Å². The Morgan fingerprint density at radius 1 is 1.61 bits per heavy atom.